The van der Waals surface area contributed by atoms with Gasteiger partial charge in [-0.05, 0) is 126 Å². The minimum absolute atomic E-state index is 0.124. The number of halogens is 3. The molecule has 0 aliphatic carbocycles. The van der Waals surface area contributed by atoms with Crippen LogP contribution in [0.25, 0.3) is 132 Å². The van der Waals surface area contributed by atoms with Gasteiger partial charge in [-0.2, -0.15) is 23.7 Å². The highest BCUT2D eigenvalue weighted by Crippen LogP contribution is 2.45. The molecule has 0 aliphatic rings. The molecule has 0 spiro atoms. The third kappa shape index (κ3) is 6.62. The maximum Gasteiger partial charge on any atom is 0.416 e. The van der Waals surface area contributed by atoms with Gasteiger partial charge in [-0.15, -0.1) is 0 Å². The lowest BCUT2D eigenvalue weighted by Crippen LogP contribution is -2.06. The van der Waals surface area contributed by atoms with E-state index in [1.54, 1.807) is 6.07 Å². The molecule has 4 heterocycles. The van der Waals surface area contributed by atoms with Crippen molar-refractivity contribution in [3.05, 3.63) is 253 Å². The fourth-order valence-electron chi connectivity index (χ4n) is 12.3. The topological polar surface area (TPSA) is 67.3 Å². The number of rotatable bonds is 6. The average molecular weight is 1010 g/mol. The highest BCUT2D eigenvalue weighted by atomic mass is 19.4. The van der Waals surface area contributed by atoms with Crippen molar-refractivity contribution in [1.82, 2.24) is 18.3 Å². The van der Waals surface area contributed by atoms with Crippen LogP contribution < -0.4 is 0 Å². The zero-order chi connectivity index (χ0) is 52.4. The van der Waals surface area contributed by atoms with Crippen LogP contribution in [0.1, 0.15) is 16.7 Å². The Bertz CT molecular complexity index is 5020. The zero-order valence-electron chi connectivity index (χ0n) is 41.3. The first-order valence-electron chi connectivity index (χ1n) is 25.6. The van der Waals surface area contributed by atoms with Crippen molar-refractivity contribution in [2.24, 2.45) is 0 Å². The molecular weight excluding hydrogens is 970 g/mol. The minimum Gasteiger partial charge on any atom is -0.309 e. The van der Waals surface area contributed by atoms with Gasteiger partial charge in [0.2, 0.25) is 0 Å². The third-order valence-corrected chi connectivity index (χ3v) is 15.7. The predicted octanol–water partition coefficient (Wildman–Crippen LogP) is 18.2. The average Bonchev–Trinajstić information content (AvgIpc) is 4.34. The number of alkyl halides is 3. The number of nitrogens with zero attached hydrogens (tertiary/aromatic N) is 6. The van der Waals surface area contributed by atoms with E-state index in [-0.39, 0.29) is 5.56 Å². The highest BCUT2D eigenvalue weighted by molar-refractivity contribution is 6.14. The molecular formula is C69H39F3N6. The molecule has 0 atom stereocenters. The molecule has 0 amide bonds. The van der Waals surface area contributed by atoms with Crippen LogP contribution in [-0.2, 0) is 6.18 Å². The molecule has 0 unspecified atom stereocenters. The molecule has 0 bridgehead atoms. The molecule has 366 valence electrons. The van der Waals surface area contributed by atoms with Crippen molar-refractivity contribution in [2.45, 2.75) is 6.18 Å². The van der Waals surface area contributed by atoms with Crippen LogP contribution in [0.4, 0.5) is 13.2 Å². The lowest BCUT2D eigenvalue weighted by molar-refractivity contribution is -0.137. The Balaban J connectivity index is 0.987. The number of nitriles is 2. The van der Waals surface area contributed by atoms with Crippen molar-refractivity contribution in [3.63, 3.8) is 0 Å². The summed E-state index contributed by atoms with van der Waals surface area (Å²) in [5.41, 5.74) is 13.1. The Morgan fingerprint density at radius 1 is 0.295 bits per heavy atom. The van der Waals surface area contributed by atoms with Crippen molar-refractivity contribution < 1.29 is 13.2 Å². The van der Waals surface area contributed by atoms with Gasteiger partial charge >= 0.3 is 6.18 Å². The second-order valence-corrected chi connectivity index (χ2v) is 19.8. The molecule has 0 saturated heterocycles. The molecule has 78 heavy (non-hydrogen) atoms. The zero-order valence-corrected chi connectivity index (χ0v) is 41.3. The van der Waals surface area contributed by atoms with E-state index in [0.717, 1.165) is 111 Å². The van der Waals surface area contributed by atoms with E-state index in [1.807, 2.05) is 48.5 Å². The number of fused-ring (bicyclic) bond motifs is 12. The summed E-state index contributed by atoms with van der Waals surface area (Å²) in [4.78, 5) is 0. The normalized spacial score (nSPS) is 12.0. The summed E-state index contributed by atoms with van der Waals surface area (Å²) in [7, 11) is 0. The number of hydrogen-bond acceptors (Lipinski definition) is 2. The van der Waals surface area contributed by atoms with Gasteiger partial charge in [0.05, 0.1) is 78.6 Å². The molecule has 0 saturated carbocycles. The monoisotopic (exact) mass is 1010 g/mol. The van der Waals surface area contributed by atoms with Crippen LogP contribution in [0.2, 0.25) is 0 Å². The van der Waals surface area contributed by atoms with Crippen molar-refractivity contribution >= 4 is 87.2 Å². The summed E-state index contributed by atoms with van der Waals surface area (Å²) in [6, 6.07) is 82.7. The van der Waals surface area contributed by atoms with Crippen LogP contribution in [0.15, 0.2) is 237 Å². The number of para-hydroxylation sites is 6. The van der Waals surface area contributed by atoms with Gasteiger partial charge in [-0.1, -0.05) is 121 Å². The summed E-state index contributed by atoms with van der Waals surface area (Å²) in [5, 5.41) is 30.0. The SMILES string of the molecule is N#Cc1ccc(-n2c3ccccc3c3cc(-n4c5ccccc5c5ccccc54)ccc32)c(-c2cc(-n3c4ccccc4c4cc(-n5c6ccccc6c6ccccc65)ccc43)ccc2-c2ccc(C(F)(F)F)cc2C#N)c1. The Morgan fingerprint density at radius 2 is 0.679 bits per heavy atom. The molecule has 15 aromatic rings. The maximum absolute atomic E-state index is 14.3. The largest absolute Gasteiger partial charge is 0.416 e. The number of hydrogen-bond donors (Lipinski definition) is 0. The quantitative estimate of drug-likeness (QED) is 0.167. The third-order valence-electron chi connectivity index (χ3n) is 15.7. The Labute approximate surface area is 443 Å². The van der Waals surface area contributed by atoms with Crippen molar-refractivity contribution in [1.29, 1.82) is 10.5 Å². The smallest absolute Gasteiger partial charge is 0.309 e. The van der Waals surface area contributed by atoms with Gasteiger partial charge in [0, 0.05) is 71.3 Å². The summed E-state index contributed by atoms with van der Waals surface area (Å²) in [6.07, 6.45) is -4.67. The van der Waals surface area contributed by atoms with E-state index >= 15 is 0 Å². The Kier molecular flexibility index (Phi) is 9.75. The van der Waals surface area contributed by atoms with Crippen LogP contribution in [0, 0.1) is 22.7 Å². The van der Waals surface area contributed by atoms with E-state index in [9.17, 15) is 23.7 Å². The first-order valence-corrected chi connectivity index (χ1v) is 25.6. The van der Waals surface area contributed by atoms with E-state index < -0.39 is 11.7 Å². The Morgan fingerprint density at radius 3 is 1.13 bits per heavy atom. The Hall–Kier alpha value is -10.6. The second-order valence-electron chi connectivity index (χ2n) is 19.8. The van der Waals surface area contributed by atoms with Gasteiger partial charge in [-0.3, -0.25) is 0 Å². The first kappa shape index (κ1) is 44.8. The number of aromatic nitrogens is 4. The summed E-state index contributed by atoms with van der Waals surface area (Å²) < 4.78 is 52.0. The predicted molar refractivity (Wildman–Crippen MR) is 309 cm³/mol. The van der Waals surface area contributed by atoms with Gasteiger partial charge in [0.25, 0.3) is 0 Å². The summed E-state index contributed by atoms with van der Waals surface area (Å²) in [6.45, 7) is 0. The van der Waals surface area contributed by atoms with E-state index in [4.69, 9.17) is 0 Å². The van der Waals surface area contributed by atoms with Crippen LogP contribution in [0.5, 0.6) is 0 Å². The van der Waals surface area contributed by atoms with Gasteiger partial charge < -0.3 is 18.3 Å². The maximum atomic E-state index is 14.3. The molecule has 4 aromatic heterocycles. The lowest BCUT2D eigenvalue weighted by Gasteiger charge is -2.20. The molecule has 15 rings (SSSR count). The standard InChI is InChI=1S/C69H39F3N6/c70-69(71,72)44-26-30-48(43(36-44)41-74)49-31-27-45(77-64-23-11-5-17-54(64)58-38-46(28-33-66(58)77)75-60-19-7-1-13-50(60)51-14-2-8-20-61(51)75)37-56(49)57-35-42(40-73)25-32-67(57)78-65-24-12-6-18-55(65)59-39-47(29-34-68(59)78)76-62-21-9-3-15-52(62)53-16-4-10-22-63(53)76/h1-39H. The molecule has 0 fully saturated rings. The molecule has 6 nitrogen and oxygen atoms in total. The second kappa shape index (κ2) is 17.0. The van der Waals surface area contributed by atoms with Crippen LogP contribution in [0.3, 0.4) is 0 Å². The molecule has 9 heteroatoms. The van der Waals surface area contributed by atoms with Crippen molar-refractivity contribution in [2.75, 3.05) is 0 Å². The lowest BCUT2D eigenvalue weighted by atomic mass is 9.89. The van der Waals surface area contributed by atoms with Crippen molar-refractivity contribution in [3.8, 4) is 57.1 Å². The summed E-state index contributed by atoms with van der Waals surface area (Å²) >= 11 is 0. The van der Waals surface area contributed by atoms with Gasteiger partial charge in [-0.25, -0.2) is 0 Å². The van der Waals surface area contributed by atoms with E-state index in [0.29, 0.717) is 27.8 Å². The van der Waals surface area contributed by atoms with Crippen LogP contribution >= 0.6 is 0 Å². The molecule has 0 N–H and O–H groups in total. The fraction of sp³-hybridized carbons (Fsp3) is 0.0145. The van der Waals surface area contributed by atoms with E-state index in [2.05, 4.69) is 194 Å². The van der Waals surface area contributed by atoms with Gasteiger partial charge in [0.15, 0.2) is 0 Å². The number of benzene rings is 11. The van der Waals surface area contributed by atoms with E-state index in [1.165, 1.54) is 16.8 Å². The fourth-order valence-corrected chi connectivity index (χ4v) is 12.3. The van der Waals surface area contributed by atoms with Crippen LogP contribution in [-0.4, -0.2) is 18.3 Å². The minimum atomic E-state index is -4.67. The summed E-state index contributed by atoms with van der Waals surface area (Å²) in [5.74, 6) is 0. The molecule has 11 aromatic carbocycles. The molecule has 0 radical (unpaired) electrons. The highest BCUT2D eigenvalue weighted by Gasteiger charge is 2.32. The van der Waals surface area contributed by atoms with Gasteiger partial charge in [0.1, 0.15) is 0 Å². The first-order chi connectivity index (χ1) is 38.2. The molecule has 0 aliphatic heterocycles.